The van der Waals surface area contributed by atoms with Crippen LogP contribution >= 0.6 is 11.6 Å². The fourth-order valence-electron chi connectivity index (χ4n) is 2.68. The van der Waals surface area contributed by atoms with Crippen LogP contribution in [0.15, 0.2) is 11.1 Å². The molecule has 1 aliphatic heterocycles. The summed E-state index contributed by atoms with van der Waals surface area (Å²) in [4.78, 5) is 25.0. The average Bonchev–Trinajstić information content (AvgIpc) is 2.49. The molecule has 25 heavy (non-hydrogen) atoms. The molecule has 1 unspecified atom stereocenters. The van der Waals surface area contributed by atoms with Gasteiger partial charge in [0.05, 0.1) is 6.61 Å². The van der Waals surface area contributed by atoms with Gasteiger partial charge in [-0.25, -0.2) is 4.79 Å². The summed E-state index contributed by atoms with van der Waals surface area (Å²) in [6.45, 7) is 11.2. The van der Waals surface area contributed by atoms with Crippen molar-refractivity contribution in [2.75, 3.05) is 26.2 Å². The highest BCUT2D eigenvalue weighted by Gasteiger charge is 2.22. The quantitative estimate of drug-likeness (QED) is 0.421. The third kappa shape index (κ3) is 8.59. The fraction of sp³-hybridized carbons (Fsp3) is 0.778. The minimum atomic E-state index is -0.521. The highest BCUT2D eigenvalue weighted by molar-refractivity contribution is 6.19. The van der Waals surface area contributed by atoms with Crippen molar-refractivity contribution in [1.29, 1.82) is 0 Å². The molecular formula is C18H31ClN2O4. The maximum atomic E-state index is 11.6. The van der Waals surface area contributed by atoms with Gasteiger partial charge < -0.3 is 19.7 Å². The van der Waals surface area contributed by atoms with Crippen molar-refractivity contribution in [3.8, 4) is 0 Å². The summed E-state index contributed by atoms with van der Waals surface area (Å²) in [6.07, 6.45) is 1.98. The van der Waals surface area contributed by atoms with E-state index in [1.54, 1.807) is 6.92 Å². The molecular weight excluding hydrogens is 344 g/mol. The number of alkyl halides is 1. The number of halogens is 1. The number of rotatable bonds is 7. The first-order valence-corrected chi connectivity index (χ1v) is 9.23. The lowest BCUT2D eigenvalue weighted by Gasteiger charge is -2.31. The van der Waals surface area contributed by atoms with Gasteiger partial charge in [0.15, 0.2) is 0 Å². The Hall–Kier alpha value is -1.27. The molecule has 0 saturated heterocycles. The lowest BCUT2D eigenvalue weighted by molar-refractivity contribution is -0.128. The van der Waals surface area contributed by atoms with Gasteiger partial charge in [-0.05, 0) is 39.2 Å². The lowest BCUT2D eigenvalue weighted by Crippen LogP contribution is -2.36. The van der Waals surface area contributed by atoms with Gasteiger partial charge in [-0.1, -0.05) is 24.1 Å². The summed E-state index contributed by atoms with van der Waals surface area (Å²) in [5, 5.41) is 2.63. The smallest absolute Gasteiger partial charge is 0.407 e. The Labute approximate surface area is 155 Å². The molecule has 0 saturated carbocycles. The van der Waals surface area contributed by atoms with E-state index >= 15 is 0 Å². The Bertz CT molecular complexity index is 500. The van der Waals surface area contributed by atoms with E-state index in [-0.39, 0.29) is 5.91 Å². The summed E-state index contributed by atoms with van der Waals surface area (Å²) in [5.41, 5.74) is 1.54. The molecule has 2 amide bonds. The Morgan fingerprint density at radius 2 is 2.00 bits per heavy atom. The molecule has 0 aliphatic carbocycles. The van der Waals surface area contributed by atoms with Crippen LogP contribution < -0.4 is 5.32 Å². The number of carbonyl (C=O) groups is 2. The van der Waals surface area contributed by atoms with E-state index in [2.05, 4.69) is 12.2 Å². The Morgan fingerprint density at radius 1 is 1.32 bits per heavy atom. The van der Waals surface area contributed by atoms with Gasteiger partial charge in [-0.3, -0.25) is 4.79 Å². The van der Waals surface area contributed by atoms with Crippen molar-refractivity contribution in [2.24, 2.45) is 0 Å². The number of hydrogen-bond donors (Lipinski definition) is 1. The monoisotopic (exact) mass is 374 g/mol. The minimum absolute atomic E-state index is 0.0845. The molecule has 0 spiro atoms. The van der Waals surface area contributed by atoms with Crippen molar-refractivity contribution in [3.63, 3.8) is 0 Å². The van der Waals surface area contributed by atoms with Crippen molar-refractivity contribution in [1.82, 2.24) is 10.2 Å². The zero-order chi connectivity index (χ0) is 19.0. The molecule has 7 heteroatoms. The van der Waals surface area contributed by atoms with Gasteiger partial charge in [-0.2, -0.15) is 0 Å². The van der Waals surface area contributed by atoms with Crippen molar-refractivity contribution in [3.05, 3.63) is 11.1 Å². The number of carbonyl (C=O) groups excluding carboxylic acids is 2. The highest BCUT2D eigenvalue weighted by atomic mass is 35.5. The molecule has 1 N–H and O–H groups in total. The molecule has 144 valence electrons. The standard InChI is InChI=1S/C18H31ClN2O4/c1-6-14-7-9-21(13(2)22)12-15(14)11-16(19)24-10-8-20-17(23)25-18(3,4)5/h16H,6-12H2,1-5H3,(H,20,23). The van der Waals surface area contributed by atoms with E-state index in [0.29, 0.717) is 26.1 Å². The number of ether oxygens (including phenoxy) is 2. The van der Waals surface area contributed by atoms with Crippen LogP contribution in [0.3, 0.4) is 0 Å². The van der Waals surface area contributed by atoms with Crippen molar-refractivity contribution < 1.29 is 19.1 Å². The van der Waals surface area contributed by atoms with E-state index < -0.39 is 17.3 Å². The van der Waals surface area contributed by atoms with Gasteiger partial charge in [0.25, 0.3) is 0 Å². The molecule has 1 aliphatic rings. The SMILES string of the molecule is CCC1=C(CC(Cl)OCCNC(=O)OC(C)(C)C)CN(C(C)=O)CC1. The first-order chi connectivity index (χ1) is 11.6. The van der Waals surface area contributed by atoms with E-state index in [0.717, 1.165) is 19.4 Å². The number of amides is 2. The minimum Gasteiger partial charge on any atom is -0.444 e. The Kier molecular flexibility index (Phi) is 8.73. The maximum Gasteiger partial charge on any atom is 0.407 e. The highest BCUT2D eigenvalue weighted by Crippen LogP contribution is 2.26. The topological polar surface area (TPSA) is 67.9 Å². The number of nitrogens with zero attached hydrogens (tertiary/aromatic N) is 1. The first-order valence-electron chi connectivity index (χ1n) is 8.80. The molecule has 6 nitrogen and oxygen atoms in total. The van der Waals surface area contributed by atoms with E-state index in [9.17, 15) is 9.59 Å². The number of alkyl carbamates (subject to hydrolysis) is 1. The second-order valence-corrected chi connectivity index (χ2v) is 7.65. The molecule has 1 heterocycles. The first kappa shape index (κ1) is 21.8. The molecule has 0 aromatic heterocycles. The maximum absolute atomic E-state index is 11.6. The van der Waals surface area contributed by atoms with E-state index in [1.165, 1.54) is 11.1 Å². The molecule has 0 radical (unpaired) electrons. The molecule has 0 bridgehead atoms. The van der Waals surface area contributed by atoms with Crippen molar-refractivity contribution in [2.45, 2.75) is 65.0 Å². The number of hydrogen-bond acceptors (Lipinski definition) is 4. The average molecular weight is 375 g/mol. The third-order valence-electron chi connectivity index (χ3n) is 3.91. The molecule has 1 atom stereocenters. The second kappa shape index (κ2) is 10.0. The van der Waals surface area contributed by atoms with Crippen LogP contribution in [0, 0.1) is 0 Å². The van der Waals surface area contributed by atoms with Crippen LogP contribution in [0.1, 0.15) is 53.9 Å². The largest absolute Gasteiger partial charge is 0.444 e. The van der Waals surface area contributed by atoms with Crippen LogP contribution in [0.4, 0.5) is 4.79 Å². The van der Waals surface area contributed by atoms with Gasteiger partial charge >= 0.3 is 6.09 Å². The van der Waals surface area contributed by atoms with E-state index in [1.807, 2.05) is 25.7 Å². The molecule has 0 aromatic rings. The van der Waals surface area contributed by atoms with Crippen LogP contribution in [-0.2, 0) is 14.3 Å². The van der Waals surface area contributed by atoms with Crippen LogP contribution in [0.5, 0.6) is 0 Å². The zero-order valence-electron chi connectivity index (χ0n) is 16.0. The summed E-state index contributed by atoms with van der Waals surface area (Å²) in [7, 11) is 0. The fourth-order valence-corrected chi connectivity index (χ4v) is 2.95. The second-order valence-electron chi connectivity index (χ2n) is 7.16. The third-order valence-corrected chi connectivity index (χ3v) is 4.19. The van der Waals surface area contributed by atoms with Crippen LogP contribution in [0.2, 0.25) is 0 Å². The predicted octanol–water partition coefficient (Wildman–Crippen LogP) is 3.44. The summed E-state index contributed by atoms with van der Waals surface area (Å²) >= 11 is 6.28. The van der Waals surface area contributed by atoms with Crippen LogP contribution in [-0.4, -0.2) is 54.3 Å². The Morgan fingerprint density at radius 3 is 2.56 bits per heavy atom. The predicted molar refractivity (Wildman–Crippen MR) is 98.6 cm³/mol. The van der Waals surface area contributed by atoms with Gasteiger partial charge in [-0.15, -0.1) is 0 Å². The zero-order valence-corrected chi connectivity index (χ0v) is 16.7. The summed E-state index contributed by atoms with van der Waals surface area (Å²) in [5.74, 6) is 0.0845. The normalized spacial score (nSPS) is 16.6. The molecule has 0 aromatic carbocycles. The van der Waals surface area contributed by atoms with Gasteiger partial charge in [0.2, 0.25) is 5.91 Å². The van der Waals surface area contributed by atoms with Crippen molar-refractivity contribution >= 4 is 23.6 Å². The molecule has 0 fully saturated rings. The Balaban J connectivity index is 2.37. The number of nitrogens with one attached hydrogen (secondary N) is 1. The van der Waals surface area contributed by atoms with Crippen LogP contribution in [0.25, 0.3) is 0 Å². The lowest BCUT2D eigenvalue weighted by atomic mass is 9.95. The summed E-state index contributed by atoms with van der Waals surface area (Å²) in [6, 6.07) is 0. The molecule has 1 rings (SSSR count). The van der Waals surface area contributed by atoms with Gasteiger partial charge in [0, 0.05) is 33.0 Å². The van der Waals surface area contributed by atoms with E-state index in [4.69, 9.17) is 21.1 Å². The summed E-state index contributed by atoms with van der Waals surface area (Å²) < 4.78 is 10.7. The van der Waals surface area contributed by atoms with Gasteiger partial charge in [0.1, 0.15) is 11.2 Å².